The van der Waals surface area contributed by atoms with Crippen molar-refractivity contribution in [1.29, 1.82) is 0 Å². The Morgan fingerprint density at radius 1 is 0.966 bits per heavy atom. The van der Waals surface area contributed by atoms with E-state index in [9.17, 15) is 23.2 Å². The van der Waals surface area contributed by atoms with Crippen molar-refractivity contribution in [2.24, 2.45) is 0 Å². The summed E-state index contributed by atoms with van der Waals surface area (Å²) in [7, 11) is 0. The van der Waals surface area contributed by atoms with Gasteiger partial charge in [0.1, 0.15) is 23.1 Å². The fourth-order valence-corrected chi connectivity index (χ4v) is 2.33. The van der Waals surface area contributed by atoms with Crippen LogP contribution in [0.1, 0.15) is 36.5 Å². The molecule has 154 valence electrons. The lowest BCUT2D eigenvalue weighted by Crippen LogP contribution is -2.22. The number of anilines is 1. The van der Waals surface area contributed by atoms with Gasteiger partial charge in [0.15, 0.2) is 12.4 Å². The first kappa shape index (κ1) is 22.0. The molecule has 0 aromatic heterocycles. The van der Waals surface area contributed by atoms with E-state index in [1.54, 1.807) is 24.3 Å². The van der Waals surface area contributed by atoms with Gasteiger partial charge >= 0.3 is 5.97 Å². The van der Waals surface area contributed by atoms with E-state index in [2.05, 4.69) is 0 Å². The number of halogens is 2. The van der Waals surface area contributed by atoms with Gasteiger partial charge in [-0.3, -0.25) is 14.4 Å². The van der Waals surface area contributed by atoms with Crippen LogP contribution in [0.4, 0.5) is 14.5 Å². The number of carbonyl (C=O) groups excluding carboxylic acids is 3. The SMILES string of the molecule is CCCOc1ccc(C(=O)CCC(=O)OCC(=O)Nc2c(F)cccc2F)cc1. The van der Waals surface area contributed by atoms with Gasteiger partial charge in [-0.2, -0.15) is 0 Å². The fourth-order valence-electron chi connectivity index (χ4n) is 2.33. The maximum absolute atomic E-state index is 13.5. The highest BCUT2D eigenvalue weighted by molar-refractivity contribution is 5.98. The van der Waals surface area contributed by atoms with Gasteiger partial charge in [0.2, 0.25) is 0 Å². The van der Waals surface area contributed by atoms with E-state index < -0.39 is 35.8 Å². The van der Waals surface area contributed by atoms with Crippen molar-refractivity contribution in [3.63, 3.8) is 0 Å². The van der Waals surface area contributed by atoms with Crippen molar-refractivity contribution >= 4 is 23.3 Å². The van der Waals surface area contributed by atoms with E-state index in [-0.39, 0.29) is 18.6 Å². The summed E-state index contributed by atoms with van der Waals surface area (Å²) in [5.41, 5.74) is -0.190. The van der Waals surface area contributed by atoms with Crippen LogP contribution in [0.5, 0.6) is 5.75 Å². The number of Topliss-reactive ketones (excluding diaryl/α,β-unsaturated/α-hetero) is 1. The highest BCUT2D eigenvalue weighted by Gasteiger charge is 2.15. The average molecular weight is 405 g/mol. The minimum absolute atomic E-state index is 0.0996. The summed E-state index contributed by atoms with van der Waals surface area (Å²) in [6.07, 6.45) is 0.544. The van der Waals surface area contributed by atoms with Gasteiger partial charge in [-0.05, 0) is 42.8 Å². The molecule has 2 rings (SSSR count). The Morgan fingerprint density at radius 3 is 2.24 bits per heavy atom. The normalized spacial score (nSPS) is 10.3. The summed E-state index contributed by atoms with van der Waals surface area (Å²) in [5.74, 6) is -3.16. The van der Waals surface area contributed by atoms with Gasteiger partial charge in [0.25, 0.3) is 5.91 Å². The van der Waals surface area contributed by atoms with Crippen molar-refractivity contribution < 1.29 is 32.6 Å². The Labute approximate surface area is 166 Å². The zero-order valence-electron chi connectivity index (χ0n) is 15.9. The maximum atomic E-state index is 13.5. The van der Waals surface area contributed by atoms with E-state index >= 15 is 0 Å². The Morgan fingerprint density at radius 2 is 1.62 bits per heavy atom. The molecule has 0 fully saturated rings. The summed E-state index contributed by atoms with van der Waals surface area (Å²) < 4.78 is 37.1. The molecule has 0 saturated heterocycles. The van der Waals surface area contributed by atoms with Gasteiger partial charge in [-0.1, -0.05) is 13.0 Å². The first-order valence-electron chi connectivity index (χ1n) is 9.06. The van der Waals surface area contributed by atoms with Crippen molar-refractivity contribution in [2.75, 3.05) is 18.5 Å². The van der Waals surface area contributed by atoms with Crippen LogP contribution in [0, 0.1) is 11.6 Å². The number of hydrogen-bond acceptors (Lipinski definition) is 5. The first-order valence-corrected chi connectivity index (χ1v) is 9.06. The maximum Gasteiger partial charge on any atom is 0.306 e. The highest BCUT2D eigenvalue weighted by atomic mass is 19.1. The molecule has 0 heterocycles. The molecule has 0 radical (unpaired) electrons. The Balaban J connectivity index is 1.75. The molecule has 0 bridgehead atoms. The molecule has 0 unspecified atom stereocenters. The number of nitrogens with one attached hydrogen (secondary N) is 1. The molecule has 29 heavy (non-hydrogen) atoms. The van der Waals surface area contributed by atoms with Crippen molar-refractivity contribution in [1.82, 2.24) is 0 Å². The molecule has 1 N–H and O–H groups in total. The van der Waals surface area contributed by atoms with Crippen LogP contribution in [-0.4, -0.2) is 30.9 Å². The van der Waals surface area contributed by atoms with E-state index in [1.165, 1.54) is 0 Å². The first-order chi connectivity index (χ1) is 13.9. The van der Waals surface area contributed by atoms with E-state index in [0.29, 0.717) is 17.9 Å². The molecule has 0 aliphatic heterocycles. The van der Waals surface area contributed by atoms with Gasteiger partial charge in [0.05, 0.1) is 13.0 Å². The minimum Gasteiger partial charge on any atom is -0.494 e. The van der Waals surface area contributed by atoms with Crippen molar-refractivity contribution in [3.8, 4) is 5.75 Å². The lowest BCUT2D eigenvalue weighted by atomic mass is 10.1. The second kappa shape index (κ2) is 10.9. The highest BCUT2D eigenvalue weighted by Crippen LogP contribution is 2.18. The lowest BCUT2D eigenvalue weighted by molar-refractivity contribution is -0.147. The third-order valence-electron chi connectivity index (χ3n) is 3.80. The second-order valence-electron chi connectivity index (χ2n) is 6.10. The summed E-state index contributed by atoms with van der Waals surface area (Å²) in [6.45, 7) is 1.85. The van der Waals surface area contributed by atoms with Crippen LogP contribution in [0.25, 0.3) is 0 Å². The van der Waals surface area contributed by atoms with Crippen LogP contribution in [0.15, 0.2) is 42.5 Å². The molecule has 0 atom stereocenters. The van der Waals surface area contributed by atoms with E-state index in [0.717, 1.165) is 24.6 Å². The molecular formula is C21H21F2NO5. The summed E-state index contributed by atoms with van der Waals surface area (Å²) in [4.78, 5) is 35.5. The minimum atomic E-state index is -0.943. The number of amides is 1. The zero-order valence-corrected chi connectivity index (χ0v) is 15.9. The fraction of sp³-hybridized carbons (Fsp3) is 0.286. The third-order valence-corrected chi connectivity index (χ3v) is 3.80. The van der Waals surface area contributed by atoms with Crippen LogP contribution in [-0.2, 0) is 14.3 Å². The summed E-state index contributed by atoms with van der Waals surface area (Å²) in [5, 5.41) is 2.00. The molecule has 2 aromatic carbocycles. The number of carbonyl (C=O) groups is 3. The Hall–Kier alpha value is -3.29. The quantitative estimate of drug-likeness (QED) is 0.479. The Kier molecular flexibility index (Phi) is 8.27. The topological polar surface area (TPSA) is 81.7 Å². The van der Waals surface area contributed by atoms with Crippen LogP contribution in [0.2, 0.25) is 0 Å². The largest absolute Gasteiger partial charge is 0.494 e. The van der Waals surface area contributed by atoms with Gasteiger partial charge in [-0.25, -0.2) is 8.78 Å². The molecule has 1 amide bonds. The van der Waals surface area contributed by atoms with Crippen molar-refractivity contribution in [2.45, 2.75) is 26.2 Å². The lowest BCUT2D eigenvalue weighted by Gasteiger charge is -2.08. The van der Waals surface area contributed by atoms with E-state index in [4.69, 9.17) is 9.47 Å². The smallest absolute Gasteiger partial charge is 0.306 e. The number of hydrogen-bond donors (Lipinski definition) is 1. The standard InChI is InChI=1S/C21H21F2NO5/c1-2-12-28-15-8-6-14(7-9-15)18(25)10-11-20(27)29-13-19(26)24-21-16(22)4-3-5-17(21)23/h3-9H,2,10-13H2,1H3,(H,24,26). The summed E-state index contributed by atoms with van der Waals surface area (Å²) >= 11 is 0. The second-order valence-corrected chi connectivity index (χ2v) is 6.10. The Bertz CT molecular complexity index is 848. The van der Waals surface area contributed by atoms with Gasteiger partial charge in [0, 0.05) is 12.0 Å². The molecule has 2 aromatic rings. The number of ether oxygens (including phenoxy) is 2. The average Bonchev–Trinajstić information content (AvgIpc) is 2.72. The predicted octanol–water partition coefficient (Wildman–Crippen LogP) is 3.90. The number of para-hydroxylation sites is 1. The predicted molar refractivity (Wildman–Crippen MR) is 102 cm³/mol. The number of ketones is 1. The van der Waals surface area contributed by atoms with Crippen molar-refractivity contribution in [3.05, 3.63) is 59.7 Å². The van der Waals surface area contributed by atoms with Crippen LogP contribution >= 0.6 is 0 Å². The van der Waals surface area contributed by atoms with Gasteiger partial charge < -0.3 is 14.8 Å². The number of rotatable bonds is 10. The molecule has 0 aliphatic carbocycles. The monoisotopic (exact) mass is 405 g/mol. The molecule has 6 nitrogen and oxygen atoms in total. The molecule has 0 aliphatic rings. The van der Waals surface area contributed by atoms with Gasteiger partial charge in [-0.15, -0.1) is 0 Å². The van der Waals surface area contributed by atoms with E-state index in [1.807, 2.05) is 12.2 Å². The van der Waals surface area contributed by atoms with Crippen LogP contribution < -0.4 is 10.1 Å². The number of esters is 1. The number of benzene rings is 2. The molecule has 0 saturated carbocycles. The summed E-state index contributed by atoms with van der Waals surface area (Å²) in [6, 6.07) is 9.69. The zero-order chi connectivity index (χ0) is 21.2. The third kappa shape index (κ3) is 6.99. The molecular weight excluding hydrogens is 384 g/mol. The van der Waals surface area contributed by atoms with Crippen LogP contribution in [0.3, 0.4) is 0 Å². The molecule has 8 heteroatoms. The molecule has 0 spiro atoms.